The number of nitrogens with one attached hydrogen (secondary N) is 1. The lowest BCUT2D eigenvalue weighted by Gasteiger charge is -2.32. The van der Waals surface area contributed by atoms with Crippen LogP contribution >= 0.6 is 0 Å². The molecule has 1 aliphatic heterocycles. The third kappa shape index (κ3) is 2.70. The first-order valence-electron chi connectivity index (χ1n) is 5.97. The van der Waals surface area contributed by atoms with Gasteiger partial charge in [0.1, 0.15) is 5.75 Å². The molecule has 4 nitrogen and oxygen atoms in total. The molecule has 0 atom stereocenters. The van der Waals surface area contributed by atoms with Gasteiger partial charge >= 0.3 is 0 Å². The average Bonchev–Trinajstić information content (AvgIpc) is 2.27. The molecule has 0 bridgehead atoms. The van der Waals surface area contributed by atoms with Crippen LogP contribution in [0.4, 0.5) is 0 Å². The average molecular weight is 247 g/mol. The van der Waals surface area contributed by atoms with E-state index >= 15 is 0 Å². The van der Waals surface area contributed by atoms with Crippen LogP contribution in [0.15, 0.2) is 24.3 Å². The highest BCUT2D eigenvalue weighted by atomic mass is 16.5. The monoisotopic (exact) mass is 247 g/mol. The van der Waals surface area contributed by atoms with E-state index in [-0.39, 0.29) is 17.2 Å². The first kappa shape index (κ1) is 12.6. The minimum atomic E-state index is -0.325. The second kappa shape index (κ2) is 4.80. The number of hydrogen-bond acceptors (Lipinski definition) is 3. The van der Waals surface area contributed by atoms with Crippen LogP contribution in [-0.2, 0) is 16.0 Å². The number of hydrogen-bond donors (Lipinski definition) is 1. The van der Waals surface area contributed by atoms with Crippen molar-refractivity contribution in [1.82, 2.24) is 5.32 Å². The minimum Gasteiger partial charge on any atom is -0.496 e. The molecule has 0 spiro atoms. The van der Waals surface area contributed by atoms with Crippen molar-refractivity contribution in [3.8, 4) is 5.75 Å². The van der Waals surface area contributed by atoms with Crippen LogP contribution in [-0.4, -0.2) is 18.9 Å². The van der Waals surface area contributed by atoms with Crippen LogP contribution in [0, 0.1) is 5.41 Å². The quantitative estimate of drug-likeness (QED) is 0.827. The highest BCUT2D eigenvalue weighted by Crippen LogP contribution is 2.35. The second-order valence-corrected chi connectivity index (χ2v) is 5.12. The summed E-state index contributed by atoms with van der Waals surface area (Å²) in [4.78, 5) is 22.9. The lowest BCUT2D eigenvalue weighted by molar-refractivity contribution is -0.137. The molecule has 4 heteroatoms. The van der Waals surface area contributed by atoms with Crippen LogP contribution in [0.25, 0.3) is 0 Å². The first-order valence-corrected chi connectivity index (χ1v) is 5.97. The van der Waals surface area contributed by atoms with Gasteiger partial charge in [0.2, 0.25) is 11.8 Å². The number of piperidine rings is 1. The zero-order valence-electron chi connectivity index (χ0n) is 10.7. The summed E-state index contributed by atoms with van der Waals surface area (Å²) in [6.07, 6.45) is 1.41. The van der Waals surface area contributed by atoms with Gasteiger partial charge in [-0.1, -0.05) is 25.1 Å². The molecule has 1 N–H and O–H groups in total. The second-order valence-electron chi connectivity index (χ2n) is 5.12. The fraction of sp³-hybridized carbons (Fsp3) is 0.429. The molecule has 0 aromatic heterocycles. The smallest absolute Gasteiger partial charge is 0.227 e. The summed E-state index contributed by atoms with van der Waals surface area (Å²) in [7, 11) is 1.62. The summed E-state index contributed by atoms with van der Waals surface area (Å²) in [6, 6.07) is 7.71. The van der Waals surface area contributed by atoms with Gasteiger partial charge in [0, 0.05) is 12.8 Å². The Morgan fingerprint density at radius 1 is 1.22 bits per heavy atom. The van der Waals surface area contributed by atoms with E-state index in [1.165, 1.54) is 0 Å². The van der Waals surface area contributed by atoms with Gasteiger partial charge in [-0.05, 0) is 23.5 Å². The molecule has 2 rings (SSSR count). The molecule has 1 aliphatic rings. The van der Waals surface area contributed by atoms with Crippen molar-refractivity contribution in [2.45, 2.75) is 26.2 Å². The number of benzene rings is 1. The van der Waals surface area contributed by atoms with Crippen LogP contribution in [0.5, 0.6) is 5.75 Å². The maximum Gasteiger partial charge on any atom is 0.227 e. The fourth-order valence-electron chi connectivity index (χ4n) is 2.52. The van der Waals surface area contributed by atoms with Gasteiger partial charge in [0.05, 0.1) is 7.11 Å². The van der Waals surface area contributed by atoms with Gasteiger partial charge < -0.3 is 4.74 Å². The van der Waals surface area contributed by atoms with E-state index in [0.29, 0.717) is 19.3 Å². The van der Waals surface area contributed by atoms with E-state index in [1.807, 2.05) is 31.2 Å². The van der Waals surface area contributed by atoms with E-state index < -0.39 is 0 Å². The maximum atomic E-state index is 11.5. The van der Waals surface area contributed by atoms with E-state index in [1.54, 1.807) is 7.11 Å². The van der Waals surface area contributed by atoms with Crippen LogP contribution in [0.3, 0.4) is 0 Å². The van der Waals surface area contributed by atoms with Crippen LogP contribution in [0.1, 0.15) is 25.3 Å². The Morgan fingerprint density at radius 3 is 2.44 bits per heavy atom. The predicted octanol–water partition coefficient (Wildman–Crippen LogP) is 1.68. The molecule has 2 amide bonds. The number of methoxy groups -OCH3 is 1. The highest BCUT2D eigenvalue weighted by molar-refractivity contribution is 5.98. The van der Waals surface area contributed by atoms with E-state index in [4.69, 9.17) is 4.74 Å². The standard InChI is InChI=1S/C14H17NO3/c1-14(8-12(16)15-13(17)9-14)7-10-5-3-4-6-11(10)18-2/h3-6H,7-9H2,1-2H3,(H,15,16,17). The molecule has 1 fully saturated rings. The topological polar surface area (TPSA) is 55.4 Å². The van der Waals surface area contributed by atoms with Gasteiger partial charge in [0.25, 0.3) is 0 Å². The van der Waals surface area contributed by atoms with E-state index in [9.17, 15) is 9.59 Å². The number of para-hydroxylation sites is 1. The zero-order chi connectivity index (χ0) is 13.2. The van der Waals surface area contributed by atoms with E-state index in [2.05, 4.69) is 5.32 Å². The van der Waals surface area contributed by atoms with Gasteiger partial charge in [0.15, 0.2) is 0 Å². The Kier molecular flexibility index (Phi) is 3.36. The van der Waals surface area contributed by atoms with Gasteiger partial charge in [-0.2, -0.15) is 0 Å². The predicted molar refractivity (Wildman–Crippen MR) is 67.2 cm³/mol. The van der Waals surface area contributed by atoms with Gasteiger partial charge in [-0.15, -0.1) is 0 Å². The third-order valence-electron chi connectivity index (χ3n) is 3.26. The number of carbonyl (C=O) groups is 2. The van der Waals surface area contributed by atoms with Crippen molar-refractivity contribution < 1.29 is 14.3 Å². The molecule has 0 radical (unpaired) electrons. The highest BCUT2D eigenvalue weighted by Gasteiger charge is 2.36. The third-order valence-corrected chi connectivity index (χ3v) is 3.26. The number of amides is 2. The van der Waals surface area contributed by atoms with Crippen molar-refractivity contribution >= 4 is 11.8 Å². The number of carbonyl (C=O) groups excluding carboxylic acids is 2. The molecule has 0 saturated carbocycles. The Bertz CT molecular complexity index is 466. The lowest BCUT2D eigenvalue weighted by atomic mass is 9.75. The summed E-state index contributed by atoms with van der Waals surface area (Å²) in [6.45, 7) is 1.97. The van der Waals surface area contributed by atoms with Gasteiger partial charge in [-0.25, -0.2) is 0 Å². The number of ether oxygens (including phenoxy) is 1. The summed E-state index contributed by atoms with van der Waals surface area (Å²) in [5.74, 6) is 0.421. The lowest BCUT2D eigenvalue weighted by Crippen LogP contribution is -2.44. The molecule has 1 saturated heterocycles. The molecule has 18 heavy (non-hydrogen) atoms. The minimum absolute atomic E-state index is 0.191. The number of imide groups is 1. The Balaban J connectivity index is 2.21. The summed E-state index contributed by atoms with van der Waals surface area (Å²) in [5.41, 5.74) is 0.707. The SMILES string of the molecule is COc1ccccc1CC1(C)CC(=O)NC(=O)C1. The number of rotatable bonds is 3. The summed E-state index contributed by atoms with van der Waals surface area (Å²) >= 11 is 0. The van der Waals surface area contributed by atoms with Gasteiger partial charge in [-0.3, -0.25) is 14.9 Å². The van der Waals surface area contributed by atoms with Crippen molar-refractivity contribution in [3.63, 3.8) is 0 Å². The van der Waals surface area contributed by atoms with Crippen molar-refractivity contribution in [1.29, 1.82) is 0 Å². The molecule has 1 aromatic rings. The Morgan fingerprint density at radius 2 is 1.83 bits per heavy atom. The first-order chi connectivity index (χ1) is 8.52. The van der Waals surface area contributed by atoms with Crippen molar-refractivity contribution in [2.24, 2.45) is 5.41 Å². The molecular formula is C14H17NO3. The molecule has 1 aromatic carbocycles. The van der Waals surface area contributed by atoms with Crippen molar-refractivity contribution in [3.05, 3.63) is 29.8 Å². The van der Waals surface area contributed by atoms with E-state index in [0.717, 1.165) is 11.3 Å². The Labute approximate surface area is 106 Å². The van der Waals surface area contributed by atoms with Crippen LogP contribution < -0.4 is 10.1 Å². The maximum absolute atomic E-state index is 11.5. The summed E-state index contributed by atoms with van der Waals surface area (Å²) < 4.78 is 5.30. The largest absolute Gasteiger partial charge is 0.496 e. The zero-order valence-corrected chi connectivity index (χ0v) is 10.7. The molecule has 0 unspecified atom stereocenters. The van der Waals surface area contributed by atoms with Crippen molar-refractivity contribution in [2.75, 3.05) is 7.11 Å². The molecule has 96 valence electrons. The summed E-state index contributed by atoms with van der Waals surface area (Å²) in [5, 5.41) is 2.34. The van der Waals surface area contributed by atoms with Crippen LogP contribution in [0.2, 0.25) is 0 Å². The fourth-order valence-corrected chi connectivity index (χ4v) is 2.52. The molecule has 0 aliphatic carbocycles. The molecule has 1 heterocycles. The Hall–Kier alpha value is -1.84. The molecular weight excluding hydrogens is 230 g/mol. The normalized spacial score (nSPS) is 18.3.